The van der Waals surface area contributed by atoms with Crippen molar-refractivity contribution in [2.24, 2.45) is 7.05 Å². The summed E-state index contributed by atoms with van der Waals surface area (Å²) < 4.78 is 29.1. The van der Waals surface area contributed by atoms with E-state index in [0.29, 0.717) is 23.2 Å². The number of anilines is 1. The molecule has 1 amide bonds. The number of nitrogens with zero attached hydrogens (tertiary/aromatic N) is 1. The minimum absolute atomic E-state index is 0.0833. The predicted molar refractivity (Wildman–Crippen MR) is 118 cm³/mol. The number of hydrogen-bond donors (Lipinski definition) is 1. The first-order valence-corrected chi connectivity index (χ1v) is 9.83. The van der Waals surface area contributed by atoms with Crippen molar-refractivity contribution in [3.63, 3.8) is 0 Å². The topological polar surface area (TPSA) is 51.1 Å². The zero-order valence-corrected chi connectivity index (χ0v) is 17.6. The Kier molecular flexibility index (Phi) is 6.66. The van der Waals surface area contributed by atoms with Crippen LogP contribution in [0, 0.1) is 23.5 Å². The standard InChI is InChI=1S/C25H22F2N2O2/c1-4-6-24(30)28-21-10-8-17(12-18-7-9-20(26)13-23(18)27)22(14-21)19-11-16(5-2)25(31)29(3)15-19/h7-11,13-15H,5,12H2,1-3H3,(H,28,30). The lowest BCUT2D eigenvalue weighted by Crippen LogP contribution is -2.20. The molecule has 1 aromatic heterocycles. The van der Waals surface area contributed by atoms with Crippen LogP contribution in [-0.2, 0) is 24.7 Å². The summed E-state index contributed by atoms with van der Waals surface area (Å²) in [6.07, 6.45) is 2.48. The SMILES string of the molecule is CC#CC(=O)Nc1ccc(Cc2ccc(F)cc2F)c(-c2cc(CC)c(=O)n(C)c2)c1. The van der Waals surface area contributed by atoms with Gasteiger partial charge in [0.25, 0.3) is 11.5 Å². The van der Waals surface area contributed by atoms with E-state index in [1.165, 1.54) is 16.7 Å². The number of halogens is 2. The molecule has 0 atom stereocenters. The summed E-state index contributed by atoms with van der Waals surface area (Å²) >= 11 is 0. The van der Waals surface area contributed by atoms with Gasteiger partial charge in [-0.1, -0.05) is 25.0 Å². The van der Waals surface area contributed by atoms with Crippen LogP contribution < -0.4 is 10.9 Å². The Labute approximate surface area is 179 Å². The molecule has 0 aliphatic rings. The number of aromatic nitrogens is 1. The van der Waals surface area contributed by atoms with Gasteiger partial charge in [-0.15, -0.1) is 0 Å². The normalized spacial score (nSPS) is 10.4. The molecule has 4 nitrogen and oxygen atoms in total. The van der Waals surface area contributed by atoms with Crippen LogP contribution >= 0.6 is 0 Å². The number of rotatable bonds is 5. The van der Waals surface area contributed by atoms with Gasteiger partial charge in [0.15, 0.2) is 0 Å². The lowest BCUT2D eigenvalue weighted by Gasteiger charge is -2.15. The van der Waals surface area contributed by atoms with Crippen LogP contribution in [0.5, 0.6) is 0 Å². The molecule has 0 spiro atoms. The molecule has 3 rings (SSSR count). The molecule has 31 heavy (non-hydrogen) atoms. The van der Waals surface area contributed by atoms with Gasteiger partial charge in [0, 0.05) is 37.0 Å². The van der Waals surface area contributed by atoms with E-state index in [4.69, 9.17) is 0 Å². The molecule has 0 aliphatic carbocycles. The number of carbonyl (C=O) groups is 1. The number of hydrogen-bond acceptors (Lipinski definition) is 2. The average molecular weight is 420 g/mol. The lowest BCUT2D eigenvalue weighted by atomic mass is 9.94. The summed E-state index contributed by atoms with van der Waals surface area (Å²) in [6.45, 7) is 3.47. The minimum Gasteiger partial charge on any atom is -0.318 e. The van der Waals surface area contributed by atoms with Crippen molar-refractivity contribution in [1.29, 1.82) is 0 Å². The van der Waals surface area contributed by atoms with Crippen molar-refractivity contribution in [3.8, 4) is 23.0 Å². The quantitative estimate of drug-likeness (QED) is 0.621. The first-order valence-electron chi connectivity index (χ1n) is 9.83. The smallest absolute Gasteiger partial charge is 0.300 e. The fourth-order valence-corrected chi connectivity index (χ4v) is 3.40. The lowest BCUT2D eigenvalue weighted by molar-refractivity contribution is -0.111. The molecule has 0 fully saturated rings. The molecule has 0 unspecified atom stereocenters. The van der Waals surface area contributed by atoms with E-state index in [-0.39, 0.29) is 12.0 Å². The second-order valence-electron chi connectivity index (χ2n) is 7.14. The van der Waals surface area contributed by atoms with E-state index in [1.807, 2.05) is 6.92 Å². The Morgan fingerprint density at radius 2 is 1.81 bits per heavy atom. The first-order chi connectivity index (χ1) is 14.8. The van der Waals surface area contributed by atoms with Gasteiger partial charge in [-0.05, 0) is 65.8 Å². The molecule has 3 aromatic rings. The van der Waals surface area contributed by atoms with Crippen LogP contribution in [0.3, 0.4) is 0 Å². The van der Waals surface area contributed by atoms with Crippen molar-refractivity contribution in [3.05, 3.63) is 87.3 Å². The maximum Gasteiger partial charge on any atom is 0.300 e. The Hall–Kier alpha value is -3.72. The molecule has 0 bridgehead atoms. The van der Waals surface area contributed by atoms with E-state index in [9.17, 15) is 18.4 Å². The molecule has 1 heterocycles. The van der Waals surface area contributed by atoms with Crippen molar-refractivity contribution in [2.75, 3.05) is 5.32 Å². The van der Waals surface area contributed by atoms with E-state index in [1.54, 1.807) is 44.4 Å². The third-order valence-corrected chi connectivity index (χ3v) is 4.95. The molecule has 0 saturated carbocycles. The molecule has 0 radical (unpaired) electrons. The van der Waals surface area contributed by atoms with Crippen LogP contribution in [0.4, 0.5) is 14.5 Å². The highest BCUT2D eigenvalue weighted by Crippen LogP contribution is 2.30. The van der Waals surface area contributed by atoms with Crippen LogP contribution in [0.2, 0.25) is 0 Å². The first kappa shape index (κ1) is 22.0. The summed E-state index contributed by atoms with van der Waals surface area (Å²) in [5, 5.41) is 2.71. The maximum atomic E-state index is 14.3. The highest BCUT2D eigenvalue weighted by molar-refractivity contribution is 6.04. The molecule has 158 valence electrons. The Balaban J connectivity index is 2.14. The van der Waals surface area contributed by atoms with E-state index >= 15 is 0 Å². The second-order valence-corrected chi connectivity index (χ2v) is 7.14. The second kappa shape index (κ2) is 9.40. The summed E-state index contributed by atoms with van der Waals surface area (Å²) in [7, 11) is 1.67. The van der Waals surface area contributed by atoms with Crippen LogP contribution in [-0.4, -0.2) is 10.5 Å². The van der Waals surface area contributed by atoms with E-state index < -0.39 is 17.5 Å². The molecule has 6 heteroatoms. The van der Waals surface area contributed by atoms with Gasteiger partial charge in [0.1, 0.15) is 11.6 Å². The molecule has 2 aromatic carbocycles. The van der Waals surface area contributed by atoms with E-state index in [0.717, 1.165) is 22.8 Å². The van der Waals surface area contributed by atoms with Crippen LogP contribution in [0.25, 0.3) is 11.1 Å². The zero-order chi connectivity index (χ0) is 22.5. The van der Waals surface area contributed by atoms with Gasteiger partial charge in [-0.2, -0.15) is 0 Å². The third kappa shape index (κ3) is 5.07. The molecule has 1 N–H and O–H groups in total. The monoisotopic (exact) mass is 420 g/mol. The summed E-state index contributed by atoms with van der Waals surface area (Å²) in [5.74, 6) is 3.26. The van der Waals surface area contributed by atoms with Gasteiger partial charge in [-0.3, -0.25) is 9.59 Å². The minimum atomic E-state index is -0.637. The Bertz CT molecular complexity index is 1270. The fraction of sp³-hybridized carbons (Fsp3) is 0.200. The molecule has 0 aliphatic heterocycles. The van der Waals surface area contributed by atoms with Crippen molar-refractivity contribution < 1.29 is 13.6 Å². The number of aryl methyl sites for hydroxylation is 2. The van der Waals surface area contributed by atoms with Crippen LogP contribution in [0.1, 0.15) is 30.5 Å². The summed E-state index contributed by atoms with van der Waals surface area (Å²) in [4.78, 5) is 24.2. The third-order valence-electron chi connectivity index (χ3n) is 4.95. The summed E-state index contributed by atoms with van der Waals surface area (Å²) in [6, 6.07) is 10.6. The Morgan fingerprint density at radius 3 is 2.48 bits per heavy atom. The zero-order valence-electron chi connectivity index (χ0n) is 17.6. The predicted octanol–water partition coefficient (Wildman–Crippen LogP) is 4.45. The largest absolute Gasteiger partial charge is 0.318 e. The van der Waals surface area contributed by atoms with E-state index in [2.05, 4.69) is 17.2 Å². The molecular weight excluding hydrogens is 398 g/mol. The number of pyridine rings is 1. The molecule has 0 saturated heterocycles. The van der Waals surface area contributed by atoms with Crippen molar-refractivity contribution in [1.82, 2.24) is 4.57 Å². The number of benzene rings is 2. The van der Waals surface area contributed by atoms with Gasteiger partial charge in [-0.25, -0.2) is 8.78 Å². The van der Waals surface area contributed by atoms with Crippen molar-refractivity contribution >= 4 is 11.6 Å². The summed E-state index contributed by atoms with van der Waals surface area (Å²) in [5.41, 5.74) is 3.69. The molecular formula is C25H22F2N2O2. The van der Waals surface area contributed by atoms with Gasteiger partial charge in [0.2, 0.25) is 0 Å². The highest BCUT2D eigenvalue weighted by Gasteiger charge is 2.14. The average Bonchev–Trinajstić information content (AvgIpc) is 2.73. The van der Waals surface area contributed by atoms with Gasteiger partial charge in [0.05, 0.1) is 0 Å². The number of nitrogens with one attached hydrogen (secondary N) is 1. The number of carbonyl (C=O) groups excluding carboxylic acids is 1. The van der Waals surface area contributed by atoms with Gasteiger partial charge < -0.3 is 9.88 Å². The Morgan fingerprint density at radius 1 is 1.06 bits per heavy atom. The maximum absolute atomic E-state index is 14.3. The fourth-order valence-electron chi connectivity index (χ4n) is 3.40. The number of amides is 1. The highest BCUT2D eigenvalue weighted by atomic mass is 19.1. The van der Waals surface area contributed by atoms with Gasteiger partial charge >= 0.3 is 0 Å². The van der Waals surface area contributed by atoms with Crippen LogP contribution in [0.15, 0.2) is 53.5 Å². The van der Waals surface area contributed by atoms with Crippen molar-refractivity contribution in [2.45, 2.75) is 26.7 Å².